The highest BCUT2D eigenvalue weighted by Gasteiger charge is 2.22. The van der Waals surface area contributed by atoms with Gasteiger partial charge in [0.05, 0.1) is 5.56 Å². The van der Waals surface area contributed by atoms with Crippen molar-refractivity contribution >= 4 is 11.7 Å². The van der Waals surface area contributed by atoms with Crippen LogP contribution in [0.1, 0.15) is 29.6 Å². The molecule has 1 amide bonds. The molecule has 0 unspecified atom stereocenters. The zero-order valence-corrected chi connectivity index (χ0v) is 10.0. The monoisotopic (exact) mass is 234 g/mol. The highest BCUT2D eigenvalue weighted by Crippen LogP contribution is 2.27. The normalized spacial score (nSPS) is 15.2. The summed E-state index contributed by atoms with van der Waals surface area (Å²) in [6.45, 7) is 0.843. The zero-order valence-electron chi connectivity index (χ0n) is 10.0. The lowest BCUT2D eigenvalue weighted by Gasteiger charge is -2.30. The number of nitrogens with one attached hydrogen (secondary N) is 1. The number of carbonyl (C=O) groups excluding carboxylic acids is 1. The van der Waals surface area contributed by atoms with E-state index in [0.717, 1.165) is 6.54 Å². The molecule has 3 N–H and O–H groups in total. The minimum Gasteiger partial charge on any atom is -0.341 e. The zero-order chi connectivity index (χ0) is 12.3. The quantitative estimate of drug-likeness (QED) is 0.607. The molecule has 2 rings (SSSR count). The molecule has 0 aromatic carbocycles. The summed E-state index contributed by atoms with van der Waals surface area (Å²) in [5.41, 5.74) is 3.04. The van der Waals surface area contributed by atoms with Crippen molar-refractivity contribution < 1.29 is 4.79 Å². The van der Waals surface area contributed by atoms with Gasteiger partial charge in [0.25, 0.3) is 5.91 Å². The molecule has 92 valence electrons. The van der Waals surface area contributed by atoms with E-state index in [1.54, 1.807) is 23.2 Å². The largest absolute Gasteiger partial charge is 0.341 e. The highest BCUT2D eigenvalue weighted by atomic mass is 16.2. The summed E-state index contributed by atoms with van der Waals surface area (Å²) in [4.78, 5) is 17.9. The van der Waals surface area contributed by atoms with E-state index in [0.29, 0.717) is 17.3 Å². The Hall–Kier alpha value is -1.62. The van der Waals surface area contributed by atoms with Crippen molar-refractivity contribution in [1.29, 1.82) is 0 Å². The van der Waals surface area contributed by atoms with Crippen LogP contribution in [0.4, 0.5) is 5.82 Å². The summed E-state index contributed by atoms with van der Waals surface area (Å²) in [5, 5.41) is 0. The maximum absolute atomic E-state index is 12.1. The van der Waals surface area contributed by atoms with E-state index in [9.17, 15) is 4.79 Å². The molecule has 1 heterocycles. The molecule has 1 aromatic rings. The van der Waals surface area contributed by atoms with Crippen molar-refractivity contribution in [3.63, 3.8) is 0 Å². The summed E-state index contributed by atoms with van der Waals surface area (Å²) >= 11 is 0. The number of amides is 1. The SMILES string of the molecule is CN(CC1CCC1)C(=O)c1ccc(NN)nc1. The van der Waals surface area contributed by atoms with Crippen LogP contribution in [0.15, 0.2) is 18.3 Å². The number of anilines is 1. The van der Waals surface area contributed by atoms with E-state index >= 15 is 0 Å². The van der Waals surface area contributed by atoms with Gasteiger partial charge in [-0.15, -0.1) is 0 Å². The summed E-state index contributed by atoms with van der Waals surface area (Å²) in [5.74, 6) is 6.48. The lowest BCUT2D eigenvalue weighted by molar-refractivity contribution is 0.0745. The predicted molar refractivity (Wildman–Crippen MR) is 66.3 cm³/mol. The number of hydrogen-bond acceptors (Lipinski definition) is 4. The van der Waals surface area contributed by atoms with Crippen molar-refractivity contribution in [1.82, 2.24) is 9.88 Å². The first-order chi connectivity index (χ1) is 8.20. The first-order valence-corrected chi connectivity index (χ1v) is 5.89. The van der Waals surface area contributed by atoms with E-state index in [1.165, 1.54) is 19.3 Å². The molecule has 5 heteroatoms. The van der Waals surface area contributed by atoms with E-state index in [4.69, 9.17) is 5.84 Å². The Kier molecular flexibility index (Phi) is 3.58. The number of nitrogens with two attached hydrogens (primary N) is 1. The molecule has 1 aromatic heterocycles. The number of aromatic nitrogens is 1. The molecule has 0 aliphatic heterocycles. The third-order valence-corrected chi connectivity index (χ3v) is 3.26. The molecule has 0 saturated heterocycles. The van der Waals surface area contributed by atoms with Gasteiger partial charge < -0.3 is 10.3 Å². The molecule has 5 nitrogen and oxygen atoms in total. The van der Waals surface area contributed by atoms with E-state index in [2.05, 4.69) is 10.4 Å². The first kappa shape index (κ1) is 11.9. The minimum atomic E-state index is 0.0213. The minimum absolute atomic E-state index is 0.0213. The van der Waals surface area contributed by atoms with Crippen LogP contribution in [0.25, 0.3) is 0 Å². The number of carbonyl (C=O) groups is 1. The maximum Gasteiger partial charge on any atom is 0.255 e. The van der Waals surface area contributed by atoms with E-state index < -0.39 is 0 Å². The lowest BCUT2D eigenvalue weighted by Crippen LogP contribution is -2.34. The Morgan fingerprint density at radius 2 is 2.35 bits per heavy atom. The third kappa shape index (κ3) is 2.74. The van der Waals surface area contributed by atoms with Crippen LogP contribution in [-0.2, 0) is 0 Å². The predicted octanol–water partition coefficient (Wildman–Crippen LogP) is 1.24. The van der Waals surface area contributed by atoms with E-state index in [-0.39, 0.29) is 5.91 Å². The van der Waals surface area contributed by atoms with Crippen LogP contribution in [0.5, 0.6) is 0 Å². The second-order valence-electron chi connectivity index (χ2n) is 4.56. The lowest BCUT2D eigenvalue weighted by atomic mass is 9.85. The first-order valence-electron chi connectivity index (χ1n) is 5.89. The van der Waals surface area contributed by atoms with Gasteiger partial charge in [0.15, 0.2) is 0 Å². The number of hydrazine groups is 1. The molecule has 0 spiro atoms. The summed E-state index contributed by atoms with van der Waals surface area (Å²) < 4.78 is 0. The summed E-state index contributed by atoms with van der Waals surface area (Å²) in [6, 6.07) is 3.44. The molecule has 1 fully saturated rings. The van der Waals surface area contributed by atoms with Crippen molar-refractivity contribution in [2.75, 3.05) is 19.0 Å². The topological polar surface area (TPSA) is 71.2 Å². The van der Waals surface area contributed by atoms with Gasteiger partial charge in [-0.05, 0) is 30.9 Å². The van der Waals surface area contributed by atoms with Gasteiger partial charge in [0, 0.05) is 19.8 Å². The van der Waals surface area contributed by atoms with Crippen molar-refractivity contribution in [3.05, 3.63) is 23.9 Å². The summed E-state index contributed by atoms with van der Waals surface area (Å²) in [6.07, 6.45) is 5.33. The van der Waals surface area contributed by atoms with Crippen LogP contribution in [0.3, 0.4) is 0 Å². The van der Waals surface area contributed by atoms with E-state index in [1.807, 2.05) is 7.05 Å². The number of rotatable bonds is 4. The average molecular weight is 234 g/mol. The number of hydrogen-bond donors (Lipinski definition) is 2. The second kappa shape index (κ2) is 5.14. The highest BCUT2D eigenvalue weighted by molar-refractivity contribution is 5.93. The van der Waals surface area contributed by atoms with Crippen molar-refractivity contribution in [2.45, 2.75) is 19.3 Å². The van der Waals surface area contributed by atoms with Crippen LogP contribution in [0.2, 0.25) is 0 Å². The Balaban J connectivity index is 1.96. The molecule has 1 saturated carbocycles. The molecular weight excluding hydrogens is 216 g/mol. The van der Waals surface area contributed by atoms with Gasteiger partial charge in [-0.2, -0.15) is 0 Å². The Bertz CT molecular complexity index is 386. The smallest absolute Gasteiger partial charge is 0.255 e. The number of nitrogen functional groups attached to an aromatic ring is 1. The molecule has 0 radical (unpaired) electrons. The Labute approximate surface area is 101 Å². The van der Waals surface area contributed by atoms with Crippen molar-refractivity contribution in [2.24, 2.45) is 11.8 Å². The second-order valence-corrected chi connectivity index (χ2v) is 4.56. The average Bonchev–Trinajstić information content (AvgIpc) is 2.32. The fourth-order valence-electron chi connectivity index (χ4n) is 1.97. The van der Waals surface area contributed by atoms with Crippen LogP contribution >= 0.6 is 0 Å². The van der Waals surface area contributed by atoms with Gasteiger partial charge in [-0.1, -0.05) is 6.42 Å². The van der Waals surface area contributed by atoms with Gasteiger partial charge in [0.2, 0.25) is 0 Å². The van der Waals surface area contributed by atoms with Crippen LogP contribution in [0, 0.1) is 5.92 Å². The Morgan fingerprint density at radius 3 is 2.82 bits per heavy atom. The standard InChI is InChI=1S/C12H18N4O/c1-16(8-9-3-2-4-9)12(17)10-5-6-11(15-13)14-7-10/h5-7,9H,2-4,8,13H2,1H3,(H,14,15). The van der Waals surface area contributed by atoms with Crippen molar-refractivity contribution in [3.8, 4) is 0 Å². The van der Waals surface area contributed by atoms with Crippen LogP contribution in [-0.4, -0.2) is 29.4 Å². The molecule has 17 heavy (non-hydrogen) atoms. The molecule has 1 aliphatic rings. The van der Waals surface area contributed by atoms with Gasteiger partial charge in [0.1, 0.15) is 5.82 Å². The summed E-state index contributed by atoms with van der Waals surface area (Å²) in [7, 11) is 1.84. The molecule has 0 atom stereocenters. The Morgan fingerprint density at radius 1 is 1.59 bits per heavy atom. The number of pyridine rings is 1. The molecule has 0 bridgehead atoms. The molecule has 1 aliphatic carbocycles. The fraction of sp³-hybridized carbons (Fsp3) is 0.500. The molecular formula is C12H18N4O. The van der Waals surface area contributed by atoms with Gasteiger partial charge in [-0.3, -0.25) is 4.79 Å². The maximum atomic E-state index is 12.1. The fourth-order valence-corrected chi connectivity index (χ4v) is 1.97. The third-order valence-electron chi connectivity index (χ3n) is 3.26. The van der Waals surface area contributed by atoms with Crippen LogP contribution < -0.4 is 11.3 Å². The van der Waals surface area contributed by atoms with Gasteiger partial charge in [-0.25, -0.2) is 10.8 Å². The van der Waals surface area contributed by atoms with Gasteiger partial charge >= 0.3 is 0 Å². The number of nitrogens with zero attached hydrogens (tertiary/aromatic N) is 2.